The lowest BCUT2D eigenvalue weighted by atomic mass is 10.1. The van der Waals surface area contributed by atoms with Gasteiger partial charge in [0.2, 0.25) is 0 Å². The van der Waals surface area contributed by atoms with Gasteiger partial charge >= 0.3 is 0 Å². The van der Waals surface area contributed by atoms with E-state index in [4.69, 9.17) is 0 Å². The smallest absolute Gasteiger partial charge is 0.272 e. The van der Waals surface area contributed by atoms with Gasteiger partial charge in [0.25, 0.3) is 5.91 Å². The Kier molecular flexibility index (Phi) is 4.23. The van der Waals surface area contributed by atoms with Crippen LogP contribution in [0.1, 0.15) is 21.6 Å². The van der Waals surface area contributed by atoms with Gasteiger partial charge in [-0.25, -0.2) is 4.68 Å². The summed E-state index contributed by atoms with van der Waals surface area (Å²) in [5.41, 5.74) is 4.48. The number of hydrogen-bond donors (Lipinski definition) is 2. The summed E-state index contributed by atoms with van der Waals surface area (Å²) in [7, 11) is 0. The molecule has 0 bridgehead atoms. The van der Waals surface area contributed by atoms with Crippen LogP contribution in [0.5, 0.6) is 0 Å². The maximum Gasteiger partial charge on any atom is 0.272 e. The van der Waals surface area contributed by atoms with Crippen molar-refractivity contribution in [1.29, 1.82) is 0 Å². The molecular formula is C20H19N5O. The summed E-state index contributed by atoms with van der Waals surface area (Å²) in [5, 5.41) is 15.2. The molecule has 2 heterocycles. The first-order valence-corrected chi connectivity index (χ1v) is 8.52. The molecule has 130 valence electrons. The summed E-state index contributed by atoms with van der Waals surface area (Å²) in [4.78, 5) is 12.4. The lowest BCUT2D eigenvalue weighted by Gasteiger charge is -2.03. The minimum atomic E-state index is -0.169. The summed E-state index contributed by atoms with van der Waals surface area (Å²) < 4.78 is 1.83. The highest BCUT2D eigenvalue weighted by Crippen LogP contribution is 2.17. The number of nitrogens with zero attached hydrogens (tertiary/aromatic N) is 3. The number of nitrogens with one attached hydrogen (secondary N) is 2. The van der Waals surface area contributed by atoms with Gasteiger partial charge in [-0.1, -0.05) is 29.8 Å². The van der Waals surface area contributed by atoms with Gasteiger partial charge in [0, 0.05) is 18.1 Å². The molecule has 0 aliphatic rings. The van der Waals surface area contributed by atoms with Crippen LogP contribution >= 0.6 is 0 Å². The Labute approximate surface area is 150 Å². The largest absolute Gasteiger partial charge is 0.350 e. The fourth-order valence-electron chi connectivity index (χ4n) is 2.92. The maximum absolute atomic E-state index is 12.4. The number of fused-ring (bicyclic) bond motifs is 1. The molecule has 26 heavy (non-hydrogen) atoms. The number of carbonyl (C=O) groups excluding carboxylic acids is 1. The average Bonchev–Trinajstić information content (AvgIpc) is 3.29. The standard InChI is InChI=1S/C20H19N5O/c1-14-7-8-18-17(11-14)19(24-23-18)20(26)21-10-9-15-12-22-25(13-15)16-5-3-2-4-6-16/h2-8,11-13H,9-10H2,1H3,(H,21,26)(H,23,24). The second-order valence-corrected chi connectivity index (χ2v) is 6.26. The molecule has 0 saturated heterocycles. The first-order chi connectivity index (χ1) is 12.7. The number of benzene rings is 2. The highest BCUT2D eigenvalue weighted by molar-refractivity contribution is 6.04. The molecule has 2 aromatic heterocycles. The van der Waals surface area contributed by atoms with Crippen molar-refractivity contribution in [2.75, 3.05) is 6.54 Å². The first-order valence-electron chi connectivity index (χ1n) is 8.52. The van der Waals surface area contributed by atoms with Crippen LogP contribution < -0.4 is 5.32 Å². The molecule has 2 N–H and O–H groups in total. The molecule has 1 amide bonds. The SMILES string of the molecule is Cc1ccc2[nH]nc(C(=O)NCCc3cnn(-c4ccccc4)c3)c2c1. The highest BCUT2D eigenvalue weighted by atomic mass is 16.1. The monoisotopic (exact) mass is 345 g/mol. The molecule has 2 aromatic carbocycles. The van der Waals surface area contributed by atoms with Crippen molar-refractivity contribution in [3.8, 4) is 5.69 Å². The quantitative estimate of drug-likeness (QED) is 0.584. The molecule has 4 rings (SSSR count). The molecule has 6 nitrogen and oxygen atoms in total. The van der Waals surface area contributed by atoms with Gasteiger partial charge < -0.3 is 5.32 Å². The molecular weight excluding hydrogens is 326 g/mol. The fourth-order valence-corrected chi connectivity index (χ4v) is 2.92. The van der Waals surface area contributed by atoms with Crippen LogP contribution in [0.15, 0.2) is 60.9 Å². The topological polar surface area (TPSA) is 75.6 Å². The van der Waals surface area contributed by atoms with Crippen molar-refractivity contribution in [2.24, 2.45) is 0 Å². The van der Waals surface area contributed by atoms with Crippen LogP contribution in [0.2, 0.25) is 0 Å². The van der Waals surface area contributed by atoms with Gasteiger partial charge in [0.15, 0.2) is 5.69 Å². The number of H-pyrrole nitrogens is 1. The van der Waals surface area contributed by atoms with Gasteiger partial charge in [-0.2, -0.15) is 10.2 Å². The van der Waals surface area contributed by atoms with Crippen LogP contribution in [0.25, 0.3) is 16.6 Å². The van der Waals surface area contributed by atoms with Crippen LogP contribution in [0, 0.1) is 6.92 Å². The molecule has 0 aliphatic heterocycles. The summed E-state index contributed by atoms with van der Waals surface area (Å²) in [5.74, 6) is -0.169. The van der Waals surface area contributed by atoms with Crippen molar-refractivity contribution >= 4 is 16.8 Å². The van der Waals surface area contributed by atoms with E-state index in [1.165, 1.54) is 0 Å². The Morgan fingerprint density at radius 2 is 2.04 bits per heavy atom. The van der Waals surface area contributed by atoms with Gasteiger partial charge in [-0.3, -0.25) is 9.89 Å². The van der Waals surface area contributed by atoms with E-state index in [0.717, 1.165) is 27.7 Å². The zero-order valence-corrected chi connectivity index (χ0v) is 14.4. The van der Waals surface area contributed by atoms with Crippen molar-refractivity contribution in [1.82, 2.24) is 25.3 Å². The van der Waals surface area contributed by atoms with E-state index in [9.17, 15) is 4.79 Å². The molecule has 0 saturated carbocycles. The second-order valence-electron chi connectivity index (χ2n) is 6.26. The van der Waals surface area contributed by atoms with Crippen molar-refractivity contribution < 1.29 is 4.79 Å². The van der Waals surface area contributed by atoms with Crippen LogP contribution in [0.3, 0.4) is 0 Å². The minimum absolute atomic E-state index is 0.169. The third-order valence-electron chi connectivity index (χ3n) is 4.29. The Morgan fingerprint density at radius 3 is 2.88 bits per heavy atom. The van der Waals surface area contributed by atoms with E-state index in [1.54, 1.807) is 0 Å². The molecule has 0 atom stereocenters. The Bertz CT molecular complexity index is 1050. The minimum Gasteiger partial charge on any atom is -0.350 e. The number of rotatable bonds is 5. The maximum atomic E-state index is 12.4. The van der Waals surface area contributed by atoms with E-state index in [-0.39, 0.29) is 5.91 Å². The van der Waals surface area contributed by atoms with Crippen molar-refractivity contribution in [2.45, 2.75) is 13.3 Å². The number of amides is 1. The van der Waals surface area contributed by atoms with Gasteiger partial charge in [-0.05, 0) is 43.2 Å². The van der Waals surface area contributed by atoms with Crippen LogP contribution in [-0.2, 0) is 6.42 Å². The lowest BCUT2D eigenvalue weighted by molar-refractivity contribution is 0.0950. The lowest BCUT2D eigenvalue weighted by Crippen LogP contribution is -2.26. The fraction of sp³-hybridized carbons (Fsp3) is 0.150. The zero-order valence-electron chi connectivity index (χ0n) is 14.4. The van der Waals surface area contributed by atoms with Crippen LogP contribution in [0.4, 0.5) is 0 Å². The van der Waals surface area contributed by atoms with E-state index >= 15 is 0 Å². The summed E-state index contributed by atoms with van der Waals surface area (Å²) in [6.45, 7) is 2.53. The third-order valence-corrected chi connectivity index (χ3v) is 4.29. The first kappa shape index (κ1) is 16.1. The number of carbonyl (C=O) groups is 1. The van der Waals surface area contributed by atoms with Gasteiger partial charge in [-0.15, -0.1) is 0 Å². The predicted molar refractivity (Wildman–Crippen MR) is 100 cm³/mol. The number of para-hydroxylation sites is 1. The predicted octanol–water partition coefficient (Wildman–Crippen LogP) is 3.03. The third kappa shape index (κ3) is 3.21. The Balaban J connectivity index is 1.39. The summed E-state index contributed by atoms with van der Waals surface area (Å²) >= 11 is 0. The molecule has 0 unspecified atom stereocenters. The van der Waals surface area contributed by atoms with E-state index < -0.39 is 0 Å². The Morgan fingerprint density at radius 1 is 1.19 bits per heavy atom. The number of aromatic amines is 1. The van der Waals surface area contributed by atoms with E-state index in [0.29, 0.717) is 18.7 Å². The van der Waals surface area contributed by atoms with Crippen molar-refractivity contribution in [3.63, 3.8) is 0 Å². The number of hydrogen-bond acceptors (Lipinski definition) is 3. The normalized spacial score (nSPS) is 11.0. The summed E-state index contributed by atoms with van der Waals surface area (Å²) in [6, 6.07) is 15.8. The number of aromatic nitrogens is 4. The Hall–Kier alpha value is -3.41. The summed E-state index contributed by atoms with van der Waals surface area (Å²) in [6.07, 6.45) is 4.52. The highest BCUT2D eigenvalue weighted by Gasteiger charge is 2.13. The van der Waals surface area contributed by atoms with Gasteiger partial charge in [0.1, 0.15) is 0 Å². The molecule has 6 heteroatoms. The van der Waals surface area contributed by atoms with Gasteiger partial charge in [0.05, 0.1) is 17.4 Å². The van der Waals surface area contributed by atoms with Crippen LogP contribution in [-0.4, -0.2) is 32.4 Å². The van der Waals surface area contributed by atoms with E-state index in [1.807, 2.05) is 72.5 Å². The molecule has 4 aromatic rings. The molecule has 0 fully saturated rings. The molecule has 0 radical (unpaired) electrons. The zero-order chi connectivity index (χ0) is 17.9. The molecule has 0 aliphatic carbocycles. The molecule has 0 spiro atoms. The van der Waals surface area contributed by atoms with Crippen molar-refractivity contribution in [3.05, 3.63) is 77.7 Å². The average molecular weight is 345 g/mol. The second kappa shape index (κ2) is 6.84. The number of aryl methyl sites for hydroxylation is 1. The van der Waals surface area contributed by atoms with E-state index in [2.05, 4.69) is 20.6 Å².